The van der Waals surface area contributed by atoms with Gasteiger partial charge in [0.05, 0.1) is 5.75 Å². The van der Waals surface area contributed by atoms with Crippen LogP contribution in [0.25, 0.3) is 0 Å². The van der Waals surface area contributed by atoms with Crippen molar-refractivity contribution in [3.8, 4) is 0 Å². The topological polar surface area (TPSA) is 89.3 Å². The van der Waals surface area contributed by atoms with Crippen LogP contribution in [0.4, 0.5) is 0 Å². The van der Waals surface area contributed by atoms with Gasteiger partial charge in [0.1, 0.15) is 9.84 Å². The standard InChI is InChI=1S/C11H15BrN2O3S2/c1-19(16,17)5-4-18-7-9-3-2-8(6-10(9)12)11(15)14-13/h2-3,6H,4-5,7,13H2,1H3,(H,14,15). The first-order valence-electron chi connectivity index (χ1n) is 5.38. The number of nitrogens with one attached hydrogen (secondary N) is 1. The number of sulfone groups is 1. The minimum Gasteiger partial charge on any atom is -0.290 e. The van der Waals surface area contributed by atoms with Crippen LogP contribution in [0.15, 0.2) is 22.7 Å². The summed E-state index contributed by atoms with van der Waals surface area (Å²) in [5, 5.41) is 0. The minimum atomic E-state index is -2.91. The lowest BCUT2D eigenvalue weighted by Crippen LogP contribution is -2.29. The molecule has 5 nitrogen and oxygen atoms in total. The molecule has 0 unspecified atom stereocenters. The second-order valence-electron chi connectivity index (χ2n) is 3.96. The average molecular weight is 367 g/mol. The van der Waals surface area contributed by atoms with Crippen molar-refractivity contribution in [2.75, 3.05) is 17.8 Å². The minimum absolute atomic E-state index is 0.170. The zero-order valence-electron chi connectivity index (χ0n) is 10.3. The van der Waals surface area contributed by atoms with E-state index < -0.39 is 9.84 Å². The lowest BCUT2D eigenvalue weighted by atomic mass is 10.1. The van der Waals surface area contributed by atoms with Gasteiger partial charge in [-0.3, -0.25) is 10.2 Å². The number of rotatable bonds is 6. The third-order valence-electron chi connectivity index (χ3n) is 2.30. The van der Waals surface area contributed by atoms with Gasteiger partial charge in [-0.1, -0.05) is 22.0 Å². The van der Waals surface area contributed by atoms with Crippen molar-refractivity contribution < 1.29 is 13.2 Å². The molecule has 0 aliphatic rings. The second-order valence-corrected chi connectivity index (χ2v) is 8.18. The van der Waals surface area contributed by atoms with E-state index in [1.165, 1.54) is 18.0 Å². The molecular weight excluding hydrogens is 352 g/mol. The molecule has 0 fully saturated rings. The predicted octanol–water partition coefficient (Wildman–Crippen LogP) is 1.33. The van der Waals surface area contributed by atoms with Crippen molar-refractivity contribution in [3.05, 3.63) is 33.8 Å². The molecule has 106 valence electrons. The van der Waals surface area contributed by atoms with Gasteiger partial charge in [-0.15, -0.1) is 0 Å². The molecule has 8 heteroatoms. The molecule has 1 amide bonds. The van der Waals surface area contributed by atoms with Crippen molar-refractivity contribution in [1.29, 1.82) is 0 Å². The predicted molar refractivity (Wildman–Crippen MR) is 81.7 cm³/mol. The Morgan fingerprint density at radius 3 is 2.68 bits per heavy atom. The first-order valence-corrected chi connectivity index (χ1v) is 9.39. The Hall–Kier alpha value is -0.570. The highest BCUT2D eigenvalue weighted by atomic mass is 79.9. The molecule has 1 aromatic rings. The third-order valence-corrected chi connectivity index (χ3v) is 5.25. The summed E-state index contributed by atoms with van der Waals surface area (Å²) < 4.78 is 22.8. The lowest BCUT2D eigenvalue weighted by molar-refractivity contribution is 0.0953. The average Bonchev–Trinajstić information content (AvgIpc) is 2.33. The van der Waals surface area contributed by atoms with Crippen molar-refractivity contribution >= 4 is 43.4 Å². The van der Waals surface area contributed by atoms with Gasteiger partial charge in [0.2, 0.25) is 0 Å². The van der Waals surface area contributed by atoms with Crippen LogP contribution in [0.1, 0.15) is 15.9 Å². The number of carbonyl (C=O) groups excluding carboxylic acids is 1. The number of hydrogen-bond acceptors (Lipinski definition) is 5. The number of hydrogen-bond donors (Lipinski definition) is 2. The molecule has 0 saturated carbocycles. The maximum absolute atomic E-state index is 11.3. The molecule has 0 bridgehead atoms. The molecule has 0 radical (unpaired) electrons. The Bertz CT molecular complexity index is 561. The molecule has 19 heavy (non-hydrogen) atoms. The van der Waals surface area contributed by atoms with Crippen molar-refractivity contribution in [3.63, 3.8) is 0 Å². The highest BCUT2D eigenvalue weighted by Crippen LogP contribution is 2.23. The van der Waals surface area contributed by atoms with Crippen LogP contribution in [0.5, 0.6) is 0 Å². The first kappa shape index (κ1) is 16.5. The van der Waals surface area contributed by atoms with E-state index in [0.717, 1.165) is 10.0 Å². The van der Waals surface area contributed by atoms with Crippen molar-refractivity contribution in [2.24, 2.45) is 5.84 Å². The zero-order valence-corrected chi connectivity index (χ0v) is 13.6. The summed E-state index contributed by atoms with van der Waals surface area (Å²) in [6, 6.07) is 5.19. The monoisotopic (exact) mass is 366 g/mol. The van der Waals surface area contributed by atoms with Crippen LogP contribution in [-0.4, -0.2) is 32.1 Å². The Labute approximate surface area is 125 Å². The van der Waals surface area contributed by atoms with E-state index in [2.05, 4.69) is 21.4 Å². The summed E-state index contributed by atoms with van der Waals surface area (Å²) >= 11 is 4.92. The lowest BCUT2D eigenvalue weighted by Gasteiger charge is -2.06. The number of nitrogens with two attached hydrogens (primary N) is 1. The molecule has 0 aliphatic carbocycles. The van der Waals surface area contributed by atoms with Crippen molar-refractivity contribution in [1.82, 2.24) is 5.43 Å². The number of hydrazine groups is 1. The highest BCUT2D eigenvalue weighted by Gasteiger charge is 2.08. The summed E-state index contributed by atoms with van der Waals surface area (Å²) in [6.07, 6.45) is 1.23. The maximum Gasteiger partial charge on any atom is 0.265 e. The number of nitrogen functional groups attached to an aromatic ring is 1. The van der Waals surface area contributed by atoms with Gasteiger partial charge in [-0.05, 0) is 17.7 Å². The van der Waals surface area contributed by atoms with Gasteiger partial charge < -0.3 is 0 Å². The molecule has 0 heterocycles. The molecular formula is C11H15BrN2O3S2. The van der Waals surface area contributed by atoms with Crippen LogP contribution in [0, 0.1) is 0 Å². The number of benzene rings is 1. The number of thioether (sulfide) groups is 1. The number of halogens is 1. The SMILES string of the molecule is CS(=O)(=O)CCSCc1ccc(C(=O)NN)cc1Br. The molecule has 3 N–H and O–H groups in total. The fourth-order valence-corrected chi connectivity index (χ4v) is 4.28. The van der Waals surface area contributed by atoms with Crippen LogP contribution in [-0.2, 0) is 15.6 Å². The summed E-state index contributed by atoms with van der Waals surface area (Å²) in [6.45, 7) is 0. The van der Waals surface area contributed by atoms with E-state index in [9.17, 15) is 13.2 Å². The maximum atomic E-state index is 11.3. The fraction of sp³-hybridized carbons (Fsp3) is 0.364. The smallest absolute Gasteiger partial charge is 0.265 e. The Balaban J connectivity index is 2.58. The van der Waals surface area contributed by atoms with Crippen LogP contribution in [0.2, 0.25) is 0 Å². The molecule has 0 saturated heterocycles. The largest absolute Gasteiger partial charge is 0.290 e. The Kier molecular flexibility index (Phi) is 6.31. The Morgan fingerprint density at radius 1 is 1.47 bits per heavy atom. The quantitative estimate of drug-likeness (QED) is 0.343. The Morgan fingerprint density at radius 2 is 2.16 bits per heavy atom. The summed E-state index contributed by atoms with van der Waals surface area (Å²) in [5.41, 5.74) is 3.54. The van der Waals surface area contributed by atoms with E-state index >= 15 is 0 Å². The van der Waals surface area contributed by atoms with Crippen LogP contribution >= 0.6 is 27.7 Å². The van der Waals surface area contributed by atoms with Gasteiger partial charge in [0, 0.05) is 27.8 Å². The van der Waals surface area contributed by atoms with Gasteiger partial charge in [-0.25, -0.2) is 14.3 Å². The number of carbonyl (C=O) groups is 1. The number of amides is 1. The molecule has 1 rings (SSSR count). The molecule has 0 aromatic heterocycles. The summed E-state index contributed by atoms with van der Waals surface area (Å²) in [7, 11) is -2.91. The highest BCUT2D eigenvalue weighted by molar-refractivity contribution is 9.10. The van der Waals surface area contributed by atoms with Gasteiger partial charge in [-0.2, -0.15) is 11.8 Å². The summed E-state index contributed by atoms with van der Waals surface area (Å²) in [4.78, 5) is 11.3. The molecule has 0 atom stereocenters. The van der Waals surface area contributed by atoms with E-state index in [-0.39, 0.29) is 11.7 Å². The van der Waals surface area contributed by atoms with E-state index in [1.807, 2.05) is 6.07 Å². The third kappa shape index (κ3) is 5.94. The normalized spacial score (nSPS) is 11.3. The molecule has 0 aliphatic heterocycles. The van der Waals surface area contributed by atoms with Crippen LogP contribution < -0.4 is 11.3 Å². The van der Waals surface area contributed by atoms with Gasteiger partial charge in [0.15, 0.2) is 0 Å². The van der Waals surface area contributed by atoms with E-state index in [4.69, 9.17) is 5.84 Å². The molecule has 1 aromatic carbocycles. The molecule has 0 spiro atoms. The van der Waals surface area contributed by atoms with Crippen LogP contribution in [0.3, 0.4) is 0 Å². The van der Waals surface area contributed by atoms with E-state index in [1.54, 1.807) is 12.1 Å². The fourth-order valence-electron chi connectivity index (χ4n) is 1.28. The van der Waals surface area contributed by atoms with E-state index in [0.29, 0.717) is 17.1 Å². The second kappa shape index (κ2) is 7.28. The van der Waals surface area contributed by atoms with Crippen molar-refractivity contribution in [2.45, 2.75) is 5.75 Å². The zero-order chi connectivity index (χ0) is 14.5. The van der Waals surface area contributed by atoms with Gasteiger partial charge in [0.25, 0.3) is 5.91 Å². The summed E-state index contributed by atoms with van der Waals surface area (Å²) in [5.74, 6) is 6.11. The van der Waals surface area contributed by atoms with Gasteiger partial charge >= 0.3 is 0 Å². The first-order chi connectivity index (χ1) is 8.83.